The molecule has 2 aliphatic rings. The maximum atomic E-state index is 13.7. The Labute approximate surface area is 255 Å². The number of unbranched alkanes of at least 4 members (excludes halogenated alkanes) is 1. The van der Waals surface area contributed by atoms with Gasteiger partial charge in [-0.1, -0.05) is 43.7 Å². The summed E-state index contributed by atoms with van der Waals surface area (Å²) in [6.45, 7) is 4.74. The fraction of sp³-hybridized carbons (Fsp3) is 0.536. The number of rotatable bonds is 13. The number of carbonyl (C=O) groups excluding carboxylic acids is 2. The van der Waals surface area contributed by atoms with Crippen LogP contribution in [0, 0.1) is 0 Å². The van der Waals surface area contributed by atoms with E-state index in [0.29, 0.717) is 49.9 Å². The fourth-order valence-electron chi connectivity index (χ4n) is 4.75. The summed E-state index contributed by atoms with van der Waals surface area (Å²) in [5.41, 5.74) is 0.736. The average molecular weight is 635 g/mol. The van der Waals surface area contributed by atoms with Crippen molar-refractivity contribution < 1.29 is 43.0 Å². The molecule has 4 rings (SSSR count). The van der Waals surface area contributed by atoms with Crippen molar-refractivity contribution >= 4 is 31.4 Å². The lowest BCUT2D eigenvalue weighted by Gasteiger charge is -2.35. The Morgan fingerprint density at radius 3 is 2.43 bits per heavy atom. The molecule has 44 heavy (non-hydrogen) atoms. The summed E-state index contributed by atoms with van der Waals surface area (Å²) < 4.78 is 23.3. The van der Waals surface area contributed by atoms with E-state index in [1.807, 2.05) is 42.2 Å². The monoisotopic (exact) mass is 634 g/mol. The number of benzene rings is 1. The molecule has 3 N–H and O–H groups in total. The predicted molar refractivity (Wildman–Crippen MR) is 159 cm³/mol. The molecule has 0 aliphatic carbocycles. The maximum absolute atomic E-state index is 13.7. The van der Waals surface area contributed by atoms with E-state index in [9.17, 15) is 23.8 Å². The van der Waals surface area contributed by atoms with E-state index in [4.69, 9.17) is 14.4 Å². The third-order valence-electron chi connectivity index (χ3n) is 7.16. The molecule has 0 bridgehead atoms. The van der Waals surface area contributed by atoms with Gasteiger partial charge in [-0.2, -0.15) is 0 Å². The van der Waals surface area contributed by atoms with E-state index >= 15 is 0 Å². The fourth-order valence-corrected chi connectivity index (χ4v) is 5.88. The van der Waals surface area contributed by atoms with Gasteiger partial charge in [0, 0.05) is 37.8 Å². The number of nitrogens with one attached hydrogen (secondary N) is 1. The molecule has 1 aromatic carbocycles. The van der Waals surface area contributed by atoms with Crippen molar-refractivity contribution in [1.82, 2.24) is 25.2 Å². The zero-order valence-electron chi connectivity index (χ0n) is 24.7. The van der Waals surface area contributed by atoms with E-state index in [-0.39, 0.29) is 51.1 Å². The Kier molecular flexibility index (Phi) is 12.0. The van der Waals surface area contributed by atoms with Crippen LogP contribution in [0.2, 0.25) is 0 Å². The molecular weight excluding hydrogens is 595 g/mol. The molecule has 15 nitrogen and oxygen atoms in total. The molecule has 0 radical (unpaired) electrons. The Hall–Kier alpha value is -3.62. The van der Waals surface area contributed by atoms with E-state index < -0.39 is 31.6 Å². The summed E-state index contributed by atoms with van der Waals surface area (Å²) >= 11 is 0. The zero-order valence-corrected chi connectivity index (χ0v) is 25.6. The van der Waals surface area contributed by atoms with Crippen molar-refractivity contribution in [1.29, 1.82) is 0 Å². The number of morpholine rings is 1. The highest BCUT2D eigenvalue weighted by Gasteiger charge is 2.33. The number of aromatic nitrogens is 2. The number of carboxylic acid groups (broad SMARTS) is 1. The molecule has 0 saturated carbocycles. The molecule has 1 aromatic heterocycles. The van der Waals surface area contributed by atoms with Crippen molar-refractivity contribution in [2.75, 3.05) is 70.2 Å². The molecule has 0 spiro atoms. The second-order valence-electron chi connectivity index (χ2n) is 10.4. The van der Waals surface area contributed by atoms with Crippen molar-refractivity contribution in [3.63, 3.8) is 0 Å². The van der Waals surface area contributed by atoms with Crippen LogP contribution in [0.4, 0.5) is 10.6 Å². The van der Waals surface area contributed by atoms with Crippen LogP contribution in [0.3, 0.4) is 0 Å². The lowest BCUT2D eigenvalue weighted by atomic mass is 10.1. The average Bonchev–Trinajstić information content (AvgIpc) is 3.03. The number of amides is 2. The number of nitrogens with zero attached hydrogens (tertiary/aromatic N) is 5. The summed E-state index contributed by atoms with van der Waals surface area (Å²) in [6, 6.07) is 9.58. The Morgan fingerprint density at radius 1 is 1.07 bits per heavy atom. The van der Waals surface area contributed by atoms with Crippen molar-refractivity contribution in [3.8, 4) is 11.4 Å². The molecule has 1 unspecified atom stereocenters. The SMILES string of the molecule is CCCCOP(=O)(O)CC[C@H](NC(=O)c1cc(N2CCOCC2)nc(-c2ccccc2)n1)C(=O)N1CCN(OC(=O)O)CC1. The summed E-state index contributed by atoms with van der Waals surface area (Å²) in [5, 5.41) is 12.8. The van der Waals surface area contributed by atoms with Gasteiger partial charge in [0.05, 0.1) is 39.1 Å². The van der Waals surface area contributed by atoms with Gasteiger partial charge >= 0.3 is 13.8 Å². The van der Waals surface area contributed by atoms with Gasteiger partial charge in [-0.15, -0.1) is 5.06 Å². The minimum atomic E-state index is -4.03. The predicted octanol–water partition coefficient (Wildman–Crippen LogP) is 2.22. The first-order chi connectivity index (χ1) is 21.1. The first-order valence-corrected chi connectivity index (χ1v) is 16.4. The molecule has 16 heteroatoms. The lowest BCUT2D eigenvalue weighted by Crippen LogP contribution is -2.55. The first kappa shape index (κ1) is 33.3. The van der Waals surface area contributed by atoms with Crippen LogP contribution in [-0.2, 0) is 23.5 Å². The molecule has 3 heterocycles. The largest absolute Gasteiger partial charge is 0.525 e. The van der Waals surface area contributed by atoms with Gasteiger partial charge in [-0.3, -0.25) is 14.2 Å². The van der Waals surface area contributed by atoms with Crippen LogP contribution in [-0.4, -0.2) is 119 Å². The van der Waals surface area contributed by atoms with Crippen LogP contribution >= 0.6 is 7.60 Å². The maximum Gasteiger partial charge on any atom is 0.525 e. The lowest BCUT2D eigenvalue weighted by molar-refractivity contribution is -0.154. The summed E-state index contributed by atoms with van der Waals surface area (Å²) in [4.78, 5) is 65.9. The normalized spacial score (nSPS) is 17.9. The van der Waals surface area contributed by atoms with E-state index in [0.717, 1.165) is 6.42 Å². The highest BCUT2D eigenvalue weighted by atomic mass is 31.2. The highest BCUT2D eigenvalue weighted by Crippen LogP contribution is 2.43. The van der Waals surface area contributed by atoms with Crippen LogP contribution in [0.1, 0.15) is 36.7 Å². The van der Waals surface area contributed by atoms with Crippen LogP contribution in [0.5, 0.6) is 0 Å². The third-order valence-corrected chi connectivity index (χ3v) is 8.57. The minimum absolute atomic E-state index is 0.0317. The van der Waals surface area contributed by atoms with Crippen LogP contribution < -0.4 is 10.2 Å². The van der Waals surface area contributed by atoms with Crippen LogP contribution in [0.15, 0.2) is 36.4 Å². The Balaban J connectivity index is 1.56. The van der Waals surface area contributed by atoms with Gasteiger partial charge in [0.15, 0.2) is 5.82 Å². The third kappa shape index (κ3) is 9.69. The molecular formula is C28H39N6O9P. The number of hydrogen-bond donors (Lipinski definition) is 3. The summed E-state index contributed by atoms with van der Waals surface area (Å²) in [6.07, 6.45) is -0.579. The quantitative estimate of drug-likeness (QED) is 0.216. The van der Waals surface area contributed by atoms with E-state index in [1.54, 1.807) is 6.07 Å². The molecule has 2 atom stereocenters. The van der Waals surface area contributed by atoms with Crippen LogP contribution in [0.25, 0.3) is 11.4 Å². The summed E-state index contributed by atoms with van der Waals surface area (Å²) in [7, 11) is -4.03. The molecule has 2 aromatic rings. The Bertz CT molecular complexity index is 1320. The molecule has 2 saturated heterocycles. The highest BCUT2D eigenvalue weighted by molar-refractivity contribution is 7.52. The topological polar surface area (TPSA) is 184 Å². The zero-order chi connectivity index (χ0) is 31.5. The molecule has 2 amide bonds. The standard InChI is InChI=1S/C28H39N6O9P/c1-2-3-16-42-44(39,40)19-9-22(27(36)33-10-12-34(13-11-33)43-28(37)38)30-26(35)23-20-24(32-14-17-41-18-15-32)31-25(29-23)21-7-5-4-6-8-21/h4-8,20,22H,2-3,9-19H2,1H3,(H,30,35)(H,37,38)(H,39,40)/t22-/m0/s1. The van der Waals surface area contributed by atoms with Gasteiger partial charge in [-0.05, 0) is 12.8 Å². The molecule has 2 aliphatic heterocycles. The minimum Gasteiger partial charge on any atom is -0.448 e. The number of carbonyl (C=O) groups is 3. The van der Waals surface area contributed by atoms with Gasteiger partial charge in [0.25, 0.3) is 5.91 Å². The van der Waals surface area contributed by atoms with E-state index in [1.165, 1.54) is 9.96 Å². The van der Waals surface area contributed by atoms with Gasteiger partial charge in [0.2, 0.25) is 5.91 Å². The van der Waals surface area contributed by atoms with Gasteiger partial charge in [0.1, 0.15) is 17.6 Å². The van der Waals surface area contributed by atoms with Gasteiger partial charge < -0.3 is 39.2 Å². The first-order valence-electron chi connectivity index (χ1n) is 14.6. The van der Waals surface area contributed by atoms with Gasteiger partial charge in [-0.25, -0.2) is 14.8 Å². The number of ether oxygens (including phenoxy) is 1. The molecule has 240 valence electrons. The number of hydroxylamine groups is 2. The van der Waals surface area contributed by atoms with Crippen molar-refractivity contribution in [2.24, 2.45) is 0 Å². The Morgan fingerprint density at radius 2 is 1.77 bits per heavy atom. The number of piperazine rings is 1. The number of anilines is 1. The smallest absolute Gasteiger partial charge is 0.448 e. The second kappa shape index (κ2) is 15.9. The van der Waals surface area contributed by atoms with E-state index in [2.05, 4.69) is 20.1 Å². The van der Waals surface area contributed by atoms with Crippen molar-refractivity contribution in [3.05, 3.63) is 42.1 Å². The van der Waals surface area contributed by atoms with Crippen molar-refractivity contribution in [2.45, 2.75) is 32.2 Å². The second-order valence-corrected chi connectivity index (χ2v) is 12.4. The number of hydrogen-bond acceptors (Lipinski definition) is 11. The molecule has 2 fully saturated rings. The summed E-state index contributed by atoms with van der Waals surface area (Å²) in [5.74, 6) is -0.257.